The number of hydrogen-bond acceptors (Lipinski definition) is 3. The average Bonchev–Trinajstić information content (AvgIpc) is 2.80. The van der Waals surface area contributed by atoms with Crippen molar-refractivity contribution in [3.05, 3.63) is 53.5 Å². The Labute approximate surface area is 111 Å². The number of aromatic amines is 1. The molecule has 3 aromatic rings. The number of nitrogens with one attached hydrogen (secondary N) is 1. The number of anilines is 1. The normalized spacial score (nSPS) is 11.0. The molecule has 2 aromatic heterocycles. The van der Waals surface area contributed by atoms with Crippen LogP contribution < -0.4 is 5.73 Å². The van der Waals surface area contributed by atoms with Crippen molar-refractivity contribution in [2.24, 2.45) is 0 Å². The largest absolute Gasteiger partial charge is 0.397 e. The van der Waals surface area contributed by atoms with Crippen molar-refractivity contribution in [3.8, 4) is 0 Å². The van der Waals surface area contributed by atoms with Crippen LogP contribution in [-0.2, 0) is 12.8 Å². The number of pyridine rings is 1. The first-order valence-corrected chi connectivity index (χ1v) is 6.36. The first kappa shape index (κ1) is 11.7. The Balaban J connectivity index is 1.76. The summed E-state index contributed by atoms with van der Waals surface area (Å²) in [6, 6.07) is 10.5. The number of rotatable bonds is 3. The smallest absolute Gasteiger partial charge is 0.177 e. The molecule has 4 nitrogen and oxygen atoms in total. The summed E-state index contributed by atoms with van der Waals surface area (Å²) < 4.78 is 0. The molecule has 0 bridgehead atoms. The van der Waals surface area contributed by atoms with Gasteiger partial charge in [-0.2, -0.15) is 0 Å². The van der Waals surface area contributed by atoms with Crippen molar-refractivity contribution in [3.63, 3.8) is 0 Å². The third-order valence-electron chi connectivity index (χ3n) is 3.18. The number of imidazole rings is 1. The summed E-state index contributed by atoms with van der Waals surface area (Å²) in [5.74, 6) is 0.952. The lowest BCUT2D eigenvalue weighted by atomic mass is 10.1. The third-order valence-corrected chi connectivity index (χ3v) is 3.18. The molecule has 0 saturated carbocycles. The zero-order valence-electron chi connectivity index (χ0n) is 10.9. The van der Waals surface area contributed by atoms with E-state index >= 15 is 0 Å². The van der Waals surface area contributed by atoms with Gasteiger partial charge < -0.3 is 10.7 Å². The molecule has 0 amide bonds. The number of benzene rings is 1. The van der Waals surface area contributed by atoms with Gasteiger partial charge >= 0.3 is 0 Å². The van der Waals surface area contributed by atoms with Gasteiger partial charge in [-0.1, -0.05) is 29.8 Å². The van der Waals surface area contributed by atoms with Crippen molar-refractivity contribution in [2.75, 3.05) is 5.73 Å². The third kappa shape index (κ3) is 2.57. The minimum absolute atomic E-state index is 0.654. The number of aromatic nitrogens is 3. The maximum Gasteiger partial charge on any atom is 0.177 e. The predicted octanol–water partition coefficient (Wildman–Crippen LogP) is 2.63. The molecule has 0 saturated heterocycles. The van der Waals surface area contributed by atoms with E-state index in [0.717, 1.165) is 29.8 Å². The highest BCUT2D eigenvalue weighted by Crippen LogP contribution is 2.13. The molecule has 0 atom stereocenters. The van der Waals surface area contributed by atoms with Crippen LogP contribution in [0.4, 0.5) is 5.69 Å². The second kappa shape index (κ2) is 4.72. The van der Waals surface area contributed by atoms with Crippen LogP contribution in [0.2, 0.25) is 0 Å². The van der Waals surface area contributed by atoms with Crippen LogP contribution in [0.25, 0.3) is 11.2 Å². The van der Waals surface area contributed by atoms with Crippen molar-refractivity contribution < 1.29 is 0 Å². The summed E-state index contributed by atoms with van der Waals surface area (Å²) in [6.07, 6.45) is 3.47. The molecule has 4 heteroatoms. The van der Waals surface area contributed by atoms with Crippen LogP contribution in [-0.4, -0.2) is 15.0 Å². The van der Waals surface area contributed by atoms with Crippen LogP contribution in [0, 0.1) is 6.92 Å². The van der Waals surface area contributed by atoms with E-state index in [0.29, 0.717) is 5.69 Å². The highest BCUT2D eigenvalue weighted by Gasteiger charge is 2.04. The van der Waals surface area contributed by atoms with Gasteiger partial charge in [-0.25, -0.2) is 9.97 Å². The summed E-state index contributed by atoms with van der Waals surface area (Å²) in [5, 5.41) is 0. The average molecular weight is 252 g/mol. The summed E-state index contributed by atoms with van der Waals surface area (Å²) in [4.78, 5) is 11.9. The number of fused-ring (bicyclic) bond motifs is 1. The molecular formula is C15H16N4. The van der Waals surface area contributed by atoms with Crippen molar-refractivity contribution in [1.82, 2.24) is 15.0 Å². The zero-order valence-corrected chi connectivity index (χ0v) is 10.9. The van der Waals surface area contributed by atoms with E-state index in [1.54, 1.807) is 6.20 Å². The van der Waals surface area contributed by atoms with Crippen LogP contribution in [0.1, 0.15) is 17.0 Å². The quantitative estimate of drug-likeness (QED) is 0.753. The second-order valence-corrected chi connectivity index (χ2v) is 4.81. The van der Waals surface area contributed by atoms with E-state index in [9.17, 15) is 0 Å². The van der Waals surface area contributed by atoms with Crippen molar-refractivity contribution in [2.45, 2.75) is 19.8 Å². The molecule has 3 rings (SSSR count). The fourth-order valence-electron chi connectivity index (χ4n) is 2.10. The number of H-pyrrole nitrogens is 1. The molecule has 19 heavy (non-hydrogen) atoms. The summed E-state index contributed by atoms with van der Waals surface area (Å²) in [5.41, 5.74) is 10.6. The lowest BCUT2D eigenvalue weighted by Crippen LogP contribution is -1.93. The Kier molecular flexibility index (Phi) is 2.91. The van der Waals surface area contributed by atoms with E-state index in [4.69, 9.17) is 5.73 Å². The highest BCUT2D eigenvalue weighted by molar-refractivity contribution is 5.73. The number of nitrogens with two attached hydrogens (primary N) is 1. The Morgan fingerprint density at radius 1 is 1.16 bits per heavy atom. The Morgan fingerprint density at radius 2 is 1.95 bits per heavy atom. The second-order valence-electron chi connectivity index (χ2n) is 4.81. The molecule has 0 radical (unpaired) electrons. The van der Waals surface area contributed by atoms with Crippen LogP contribution in [0.3, 0.4) is 0 Å². The molecule has 0 spiro atoms. The fraction of sp³-hybridized carbons (Fsp3) is 0.200. The topological polar surface area (TPSA) is 67.6 Å². The Morgan fingerprint density at radius 3 is 2.74 bits per heavy atom. The SMILES string of the molecule is Cc1ccc(CCc2nc3ncc(N)cc3[nH]2)cc1. The lowest BCUT2D eigenvalue weighted by molar-refractivity contribution is 0.888. The van der Waals surface area contributed by atoms with Gasteiger partial charge in [-0.3, -0.25) is 0 Å². The Bertz CT molecular complexity index is 698. The van der Waals surface area contributed by atoms with Gasteiger partial charge in [0.1, 0.15) is 5.82 Å². The maximum absolute atomic E-state index is 5.70. The standard InChI is InChI=1S/C15H16N4/c1-10-2-4-11(5-3-10)6-7-14-18-13-8-12(16)9-17-15(13)19-14/h2-5,8-9H,6-7,16H2,1H3,(H,17,18,19). The first-order valence-electron chi connectivity index (χ1n) is 6.36. The summed E-state index contributed by atoms with van der Waals surface area (Å²) in [6.45, 7) is 2.10. The van der Waals surface area contributed by atoms with E-state index in [-0.39, 0.29) is 0 Å². The highest BCUT2D eigenvalue weighted by atomic mass is 15.0. The maximum atomic E-state index is 5.70. The van der Waals surface area contributed by atoms with Crippen molar-refractivity contribution >= 4 is 16.9 Å². The lowest BCUT2D eigenvalue weighted by Gasteiger charge is -1.99. The first-order chi connectivity index (χ1) is 9.20. The number of nitrogen functional groups attached to an aromatic ring is 1. The van der Waals surface area contributed by atoms with Gasteiger partial charge in [-0.15, -0.1) is 0 Å². The van der Waals surface area contributed by atoms with Crippen LogP contribution in [0.15, 0.2) is 36.5 Å². The number of nitrogens with zero attached hydrogens (tertiary/aromatic N) is 2. The van der Waals surface area contributed by atoms with Gasteiger partial charge in [-0.05, 0) is 25.0 Å². The molecule has 0 fully saturated rings. The number of hydrogen-bond donors (Lipinski definition) is 2. The van der Waals surface area contributed by atoms with E-state index < -0.39 is 0 Å². The van der Waals surface area contributed by atoms with E-state index in [2.05, 4.69) is 46.1 Å². The molecule has 96 valence electrons. The molecule has 0 aliphatic heterocycles. The molecule has 3 N–H and O–H groups in total. The van der Waals surface area contributed by atoms with Crippen LogP contribution >= 0.6 is 0 Å². The van der Waals surface area contributed by atoms with Crippen molar-refractivity contribution in [1.29, 1.82) is 0 Å². The number of aryl methyl sites for hydroxylation is 3. The molecule has 2 heterocycles. The molecule has 0 aliphatic carbocycles. The van der Waals surface area contributed by atoms with Gasteiger partial charge in [0.05, 0.1) is 17.4 Å². The fourth-order valence-corrected chi connectivity index (χ4v) is 2.10. The van der Waals surface area contributed by atoms with Gasteiger partial charge in [0, 0.05) is 6.42 Å². The van der Waals surface area contributed by atoms with Crippen LogP contribution in [0.5, 0.6) is 0 Å². The monoisotopic (exact) mass is 252 g/mol. The molecular weight excluding hydrogens is 236 g/mol. The predicted molar refractivity (Wildman–Crippen MR) is 76.9 cm³/mol. The van der Waals surface area contributed by atoms with Gasteiger partial charge in [0.2, 0.25) is 0 Å². The van der Waals surface area contributed by atoms with E-state index in [1.165, 1.54) is 11.1 Å². The summed E-state index contributed by atoms with van der Waals surface area (Å²) >= 11 is 0. The Hall–Kier alpha value is -2.36. The molecule has 0 aliphatic rings. The zero-order chi connectivity index (χ0) is 13.2. The minimum atomic E-state index is 0.654. The van der Waals surface area contributed by atoms with E-state index in [1.807, 2.05) is 6.07 Å². The van der Waals surface area contributed by atoms with Gasteiger partial charge in [0.25, 0.3) is 0 Å². The molecule has 1 aromatic carbocycles. The van der Waals surface area contributed by atoms with Gasteiger partial charge in [0.15, 0.2) is 5.65 Å². The summed E-state index contributed by atoms with van der Waals surface area (Å²) in [7, 11) is 0. The molecule has 0 unspecified atom stereocenters. The minimum Gasteiger partial charge on any atom is -0.397 e.